The van der Waals surface area contributed by atoms with Gasteiger partial charge in [-0.1, -0.05) is 31.6 Å². The highest BCUT2D eigenvalue weighted by Gasteiger charge is 2.35. The predicted octanol–water partition coefficient (Wildman–Crippen LogP) is 3.32. The molecule has 0 saturated heterocycles. The molecule has 0 heterocycles. The molecule has 0 aromatic heterocycles. The minimum Gasteiger partial charge on any atom is -0.291 e. The van der Waals surface area contributed by atoms with E-state index in [1.54, 1.807) is 0 Å². The highest BCUT2D eigenvalue weighted by Crippen LogP contribution is 2.33. The lowest BCUT2D eigenvalue weighted by Gasteiger charge is -2.33. The van der Waals surface area contributed by atoms with Gasteiger partial charge in [0.1, 0.15) is 6.10 Å². The van der Waals surface area contributed by atoms with E-state index < -0.39 is 0 Å². The van der Waals surface area contributed by atoms with Crippen molar-refractivity contribution >= 4 is 5.78 Å². The normalized spacial score (nSPS) is 27.1. The Morgan fingerprint density at radius 3 is 2.95 bits per heavy atom. The predicted molar refractivity (Wildman–Crippen MR) is 76.6 cm³/mol. The lowest BCUT2D eigenvalue weighted by molar-refractivity contribution is -0.140. The number of nitrogens with one attached hydrogen (secondary N) is 1. The minimum absolute atomic E-state index is 0.0767. The summed E-state index contributed by atoms with van der Waals surface area (Å²) >= 11 is 0. The maximum atomic E-state index is 12.4. The average molecular weight is 263 g/mol. The van der Waals surface area contributed by atoms with E-state index in [-0.39, 0.29) is 17.4 Å². The summed E-state index contributed by atoms with van der Waals surface area (Å²) in [4.78, 5) is 18.1. The third-order valence-electron chi connectivity index (χ3n) is 3.98. The second kappa shape index (κ2) is 6.02. The van der Waals surface area contributed by atoms with Gasteiger partial charge in [0.15, 0.2) is 5.78 Å². The third kappa shape index (κ3) is 3.54. The van der Waals surface area contributed by atoms with Crippen LogP contribution in [0.2, 0.25) is 0 Å². The lowest BCUT2D eigenvalue weighted by atomic mass is 9.78. The first-order chi connectivity index (χ1) is 9.03. The first-order valence-electron chi connectivity index (χ1n) is 7.37. The van der Waals surface area contributed by atoms with Crippen LogP contribution in [-0.4, -0.2) is 17.4 Å². The lowest BCUT2D eigenvalue weighted by Crippen LogP contribution is -2.45. The molecule has 2 rings (SSSR count). The van der Waals surface area contributed by atoms with E-state index in [1.165, 1.54) is 0 Å². The van der Waals surface area contributed by atoms with Gasteiger partial charge in [-0.2, -0.15) is 5.48 Å². The molecule has 3 heteroatoms. The van der Waals surface area contributed by atoms with Crippen LogP contribution >= 0.6 is 0 Å². The molecule has 0 radical (unpaired) electrons. The standard InChI is InChI=1S/C16H25NO2/c1-4-11-16(2,3)17-19-14-10-9-12-7-5-6-8-13(12)15(14)18/h5-6,8,12,14,17H,4,7,9-11H2,1-3H3. The highest BCUT2D eigenvalue weighted by atomic mass is 16.7. The molecular formula is C16H25NO2. The number of hydrogen-bond donors (Lipinski definition) is 1. The van der Waals surface area contributed by atoms with Crippen LogP contribution in [0.3, 0.4) is 0 Å². The molecule has 19 heavy (non-hydrogen) atoms. The zero-order chi connectivity index (χ0) is 13.9. The van der Waals surface area contributed by atoms with Crippen molar-refractivity contribution in [3.8, 4) is 0 Å². The van der Waals surface area contributed by atoms with E-state index >= 15 is 0 Å². The summed E-state index contributed by atoms with van der Waals surface area (Å²) in [5.41, 5.74) is 3.97. The SMILES string of the molecule is CCCC(C)(C)NOC1CCC2CC=CC=C2C1=O. The van der Waals surface area contributed by atoms with Gasteiger partial charge in [0.05, 0.1) is 0 Å². The molecule has 0 aromatic carbocycles. The van der Waals surface area contributed by atoms with Crippen molar-refractivity contribution in [1.82, 2.24) is 5.48 Å². The number of hydroxylamine groups is 1. The Kier molecular flexibility index (Phi) is 4.58. The van der Waals surface area contributed by atoms with Gasteiger partial charge in [0, 0.05) is 11.1 Å². The van der Waals surface area contributed by atoms with Gasteiger partial charge in [0.2, 0.25) is 0 Å². The summed E-state index contributed by atoms with van der Waals surface area (Å²) in [7, 11) is 0. The number of hydrogen-bond acceptors (Lipinski definition) is 3. The molecule has 2 unspecified atom stereocenters. The summed E-state index contributed by atoms with van der Waals surface area (Å²) in [6.07, 6.45) is 10.8. The van der Waals surface area contributed by atoms with Gasteiger partial charge in [-0.25, -0.2) is 0 Å². The van der Waals surface area contributed by atoms with Crippen LogP contribution in [0.1, 0.15) is 52.9 Å². The Hall–Kier alpha value is -0.930. The van der Waals surface area contributed by atoms with Crippen molar-refractivity contribution in [2.24, 2.45) is 5.92 Å². The highest BCUT2D eigenvalue weighted by molar-refractivity contribution is 6.00. The summed E-state index contributed by atoms with van der Waals surface area (Å²) in [6.45, 7) is 6.36. The number of allylic oxidation sites excluding steroid dienone is 3. The van der Waals surface area contributed by atoms with Crippen LogP contribution in [0.5, 0.6) is 0 Å². The molecule has 0 aliphatic heterocycles. The largest absolute Gasteiger partial charge is 0.291 e. The van der Waals surface area contributed by atoms with Gasteiger partial charge in [-0.15, -0.1) is 0 Å². The molecule has 106 valence electrons. The van der Waals surface area contributed by atoms with E-state index in [0.717, 1.165) is 37.7 Å². The fourth-order valence-corrected chi connectivity index (χ4v) is 2.92. The molecular weight excluding hydrogens is 238 g/mol. The maximum absolute atomic E-state index is 12.4. The third-order valence-corrected chi connectivity index (χ3v) is 3.98. The number of carbonyl (C=O) groups excluding carboxylic acids is 1. The molecule has 1 fully saturated rings. The zero-order valence-corrected chi connectivity index (χ0v) is 12.2. The van der Waals surface area contributed by atoms with E-state index in [0.29, 0.717) is 5.92 Å². The van der Waals surface area contributed by atoms with Crippen LogP contribution in [0.15, 0.2) is 23.8 Å². The van der Waals surface area contributed by atoms with E-state index in [9.17, 15) is 4.79 Å². The molecule has 0 aromatic rings. The van der Waals surface area contributed by atoms with Gasteiger partial charge < -0.3 is 0 Å². The summed E-state index contributed by atoms with van der Waals surface area (Å²) in [5.74, 6) is 0.585. The van der Waals surface area contributed by atoms with Crippen molar-refractivity contribution in [1.29, 1.82) is 0 Å². The Balaban J connectivity index is 1.93. The van der Waals surface area contributed by atoms with Crippen molar-refractivity contribution in [2.75, 3.05) is 0 Å². The number of ketones is 1. The quantitative estimate of drug-likeness (QED) is 0.773. The number of carbonyl (C=O) groups is 1. The Bertz CT molecular complexity index is 396. The Labute approximate surface area is 116 Å². The average Bonchev–Trinajstić information content (AvgIpc) is 2.38. The van der Waals surface area contributed by atoms with Gasteiger partial charge in [0.25, 0.3) is 0 Å². The van der Waals surface area contributed by atoms with Crippen LogP contribution in [0.25, 0.3) is 0 Å². The maximum Gasteiger partial charge on any atom is 0.189 e. The molecule has 3 nitrogen and oxygen atoms in total. The van der Waals surface area contributed by atoms with Crippen LogP contribution in [-0.2, 0) is 9.63 Å². The molecule has 0 amide bonds. The van der Waals surface area contributed by atoms with Gasteiger partial charge in [-0.05, 0) is 45.4 Å². The van der Waals surface area contributed by atoms with Crippen molar-refractivity contribution < 1.29 is 9.63 Å². The molecule has 2 aliphatic carbocycles. The molecule has 2 aliphatic rings. The number of rotatable bonds is 5. The fraction of sp³-hybridized carbons (Fsp3) is 0.688. The first kappa shape index (κ1) is 14.5. The molecule has 0 bridgehead atoms. The second-order valence-electron chi connectivity index (χ2n) is 6.27. The fourth-order valence-electron chi connectivity index (χ4n) is 2.92. The zero-order valence-electron chi connectivity index (χ0n) is 12.2. The van der Waals surface area contributed by atoms with Crippen LogP contribution in [0.4, 0.5) is 0 Å². The topological polar surface area (TPSA) is 38.3 Å². The summed E-state index contributed by atoms with van der Waals surface area (Å²) in [5, 5.41) is 0. The van der Waals surface area contributed by atoms with Crippen molar-refractivity contribution in [2.45, 2.75) is 64.5 Å². The van der Waals surface area contributed by atoms with Crippen molar-refractivity contribution in [3.63, 3.8) is 0 Å². The van der Waals surface area contributed by atoms with E-state index in [1.807, 2.05) is 12.2 Å². The Morgan fingerprint density at radius 1 is 1.42 bits per heavy atom. The Morgan fingerprint density at radius 2 is 2.21 bits per heavy atom. The number of Topliss-reactive ketones (excluding diaryl/α,β-unsaturated/α-hetero) is 1. The first-order valence-corrected chi connectivity index (χ1v) is 7.37. The smallest absolute Gasteiger partial charge is 0.189 e. The molecule has 0 spiro atoms. The van der Waals surface area contributed by atoms with E-state index in [2.05, 4.69) is 32.3 Å². The second-order valence-corrected chi connectivity index (χ2v) is 6.27. The summed E-state index contributed by atoms with van der Waals surface area (Å²) in [6, 6.07) is 0. The van der Waals surface area contributed by atoms with Gasteiger partial charge in [-0.3, -0.25) is 9.63 Å². The minimum atomic E-state index is -0.315. The van der Waals surface area contributed by atoms with E-state index in [4.69, 9.17) is 4.84 Å². The molecule has 1 saturated carbocycles. The molecule has 2 atom stereocenters. The monoisotopic (exact) mass is 263 g/mol. The van der Waals surface area contributed by atoms with Crippen LogP contribution < -0.4 is 5.48 Å². The number of fused-ring (bicyclic) bond motifs is 1. The summed E-state index contributed by atoms with van der Waals surface area (Å²) < 4.78 is 0. The van der Waals surface area contributed by atoms with Crippen LogP contribution in [0, 0.1) is 5.92 Å². The van der Waals surface area contributed by atoms with Gasteiger partial charge >= 0.3 is 0 Å². The van der Waals surface area contributed by atoms with Crippen molar-refractivity contribution in [3.05, 3.63) is 23.8 Å². The molecule has 1 N–H and O–H groups in total.